The molecule has 0 fully saturated rings. The van der Waals surface area contributed by atoms with Gasteiger partial charge in [0.15, 0.2) is 34.5 Å². The van der Waals surface area contributed by atoms with Gasteiger partial charge >= 0.3 is 22.5 Å². The van der Waals surface area contributed by atoms with Crippen LogP contribution in [0.1, 0.15) is 77.1 Å². The summed E-state index contributed by atoms with van der Waals surface area (Å²) in [6, 6.07) is 18.5. The van der Waals surface area contributed by atoms with Crippen molar-refractivity contribution in [3.63, 3.8) is 0 Å². The maximum atomic E-state index is 13.8. The van der Waals surface area contributed by atoms with Crippen molar-refractivity contribution in [2.24, 2.45) is 0 Å². The largest absolute Gasteiger partial charge is 0.490 e. The van der Waals surface area contributed by atoms with E-state index in [1.807, 2.05) is 56.3 Å². The van der Waals surface area contributed by atoms with Gasteiger partial charge in [-0.3, -0.25) is 13.7 Å². The summed E-state index contributed by atoms with van der Waals surface area (Å²) in [5.41, 5.74) is 5.01. The molecule has 0 aliphatic rings. The lowest BCUT2D eigenvalue weighted by Gasteiger charge is -2.23. The third kappa shape index (κ3) is 9.45. The fraction of sp³-hybridized carbons (Fsp3) is 0.421. The Balaban J connectivity index is 1.49. The molecule has 2 atom stereocenters. The van der Waals surface area contributed by atoms with Gasteiger partial charge in [-0.15, -0.1) is 5.10 Å². The molecule has 14 heteroatoms. The molecule has 2 heterocycles. The number of ether oxygens (including phenoxy) is 2. The quantitative estimate of drug-likeness (QED) is 0.0945. The number of nitrogens with one attached hydrogen (secondary N) is 1. The highest BCUT2D eigenvalue weighted by molar-refractivity contribution is 7.82. The molecule has 3 aromatic carbocycles. The normalized spacial score (nSPS) is 12.8. The number of aryl methyl sites for hydroxylation is 2. The molecule has 0 bridgehead atoms. The van der Waals surface area contributed by atoms with Gasteiger partial charge in [-0.05, 0) is 80.3 Å². The first-order valence-corrected chi connectivity index (χ1v) is 19.6. The average Bonchev–Trinajstić information content (AvgIpc) is 3.70. The van der Waals surface area contributed by atoms with Gasteiger partial charge in [0.05, 0.1) is 24.6 Å². The Morgan fingerprint density at radius 1 is 0.731 bits per heavy atom. The van der Waals surface area contributed by atoms with Crippen molar-refractivity contribution in [2.75, 3.05) is 35.9 Å². The summed E-state index contributed by atoms with van der Waals surface area (Å²) in [5.74, 6) is 2.20. The van der Waals surface area contributed by atoms with E-state index in [-0.39, 0.29) is 5.41 Å². The molecule has 52 heavy (non-hydrogen) atoms. The average molecular weight is 751 g/mol. The minimum Gasteiger partial charge on any atom is -0.490 e. The summed E-state index contributed by atoms with van der Waals surface area (Å²) >= 11 is -3.98. The number of hydrogen-bond acceptors (Lipinski definition) is 8. The monoisotopic (exact) mass is 750 g/mol. The van der Waals surface area contributed by atoms with Crippen LogP contribution >= 0.6 is 0 Å². The Bertz CT molecular complexity index is 1910. The first-order chi connectivity index (χ1) is 24.8. The van der Waals surface area contributed by atoms with Crippen LogP contribution < -0.4 is 26.5 Å². The number of aromatic nitrogens is 4. The van der Waals surface area contributed by atoms with Crippen LogP contribution in [0.15, 0.2) is 60.7 Å². The lowest BCUT2D eigenvalue weighted by atomic mass is 9.93. The number of unbranched alkanes of at least 4 members (excludes halogenated alkanes) is 2. The molecule has 5 rings (SSSR count). The number of aromatic amines is 1. The van der Waals surface area contributed by atoms with Crippen LogP contribution in [-0.4, -0.2) is 55.5 Å². The minimum absolute atomic E-state index is 0.119. The second kappa shape index (κ2) is 16.8. The number of anilines is 2. The highest BCUT2D eigenvalue weighted by Crippen LogP contribution is 2.35. The lowest BCUT2D eigenvalue weighted by molar-refractivity contribution is 0.301. The van der Waals surface area contributed by atoms with Gasteiger partial charge in [0.25, 0.3) is 0 Å². The van der Waals surface area contributed by atoms with E-state index in [1.54, 1.807) is 36.9 Å². The van der Waals surface area contributed by atoms with Gasteiger partial charge in [-0.2, -0.15) is 13.0 Å². The van der Waals surface area contributed by atoms with Crippen LogP contribution in [0.5, 0.6) is 23.0 Å². The second-order valence-corrected chi connectivity index (χ2v) is 16.1. The predicted octanol–water partition coefficient (Wildman–Crippen LogP) is 8.18. The SMILES string of the molecule is CCCCOc1ccc(C)cc1OS(=O)N(C)c1cc(-c2nc3cc(C(C)(C)C)[nH]n3n2)cc(N(C)S(=O)Oc2cc(C)ccc2OCCCC)c1. The van der Waals surface area contributed by atoms with Crippen molar-refractivity contribution in [1.29, 1.82) is 0 Å². The van der Waals surface area contributed by atoms with Crippen LogP contribution in [0.4, 0.5) is 11.4 Å². The van der Waals surface area contributed by atoms with Gasteiger partial charge in [0, 0.05) is 36.8 Å². The number of benzene rings is 3. The zero-order valence-corrected chi connectivity index (χ0v) is 33.2. The summed E-state index contributed by atoms with van der Waals surface area (Å²) in [5, 5.41) is 8.03. The molecule has 0 saturated heterocycles. The summed E-state index contributed by atoms with van der Waals surface area (Å²) in [7, 11) is 3.32. The van der Waals surface area contributed by atoms with Crippen molar-refractivity contribution in [3.8, 4) is 34.4 Å². The minimum atomic E-state index is -1.99. The van der Waals surface area contributed by atoms with E-state index in [0.717, 1.165) is 42.5 Å². The van der Waals surface area contributed by atoms with Crippen molar-refractivity contribution < 1.29 is 26.3 Å². The van der Waals surface area contributed by atoms with Gasteiger partial charge in [-0.1, -0.05) is 59.6 Å². The zero-order valence-electron chi connectivity index (χ0n) is 31.5. The number of nitrogens with zero attached hydrogens (tertiary/aromatic N) is 5. The lowest BCUT2D eigenvalue weighted by Crippen LogP contribution is -2.27. The van der Waals surface area contributed by atoms with Gasteiger partial charge < -0.3 is 17.8 Å². The van der Waals surface area contributed by atoms with Crippen LogP contribution in [0, 0.1) is 13.8 Å². The predicted molar refractivity (Wildman–Crippen MR) is 209 cm³/mol. The van der Waals surface area contributed by atoms with E-state index in [9.17, 15) is 8.42 Å². The molecule has 12 nitrogen and oxygen atoms in total. The Morgan fingerprint density at radius 3 is 1.67 bits per heavy atom. The van der Waals surface area contributed by atoms with Crippen molar-refractivity contribution in [1.82, 2.24) is 19.8 Å². The van der Waals surface area contributed by atoms with E-state index in [2.05, 4.69) is 39.7 Å². The van der Waals surface area contributed by atoms with Crippen molar-refractivity contribution in [2.45, 2.75) is 79.6 Å². The molecule has 2 unspecified atom stereocenters. The molecule has 0 radical (unpaired) electrons. The van der Waals surface area contributed by atoms with Gasteiger partial charge in [-0.25, -0.2) is 4.98 Å². The van der Waals surface area contributed by atoms with E-state index in [4.69, 9.17) is 27.9 Å². The summed E-state index contributed by atoms with van der Waals surface area (Å²) in [6.07, 6.45) is 3.74. The van der Waals surface area contributed by atoms with Crippen LogP contribution in [0.2, 0.25) is 0 Å². The maximum absolute atomic E-state index is 13.8. The third-order valence-corrected chi connectivity index (χ3v) is 10.3. The molecule has 280 valence electrons. The Hall–Kier alpha value is -4.56. The van der Waals surface area contributed by atoms with Gasteiger partial charge in [0.1, 0.15) is 0 Å². The van der Waals surface area contributed by atoms with Crippen molar-refractivity contribution >= 4 is 39.6 Å². The molecule has 0 aliphatic carbocycles. The molecule has 2 aromatic heterocycles. The molecule has 0 spiro atoms. The van der Waals surface area contributed by atoms with Crippen LogP contribution in [-0.2, 0) is 27.9 Å². The van der Waals surface area contributed by atoms with E-state index in [0.29, 0.717) is 64.6 Å². The van der Waals surface area contributed by atoms with Crippen molar-refractivity contribution in [3.05, 3.63) is 77.5 Å². The molecule has 0 amide bonds. The number of hydrogen-bond donors (Lipinski definition) is 1. The first-order valence-electron chi connectivity index (χ1n) is 17.5. The molecular weight excluding hydrogens is 701 g/mol. The summed E-state index contributed by atoms with van der Waals surface area (Å²) in [4.78, 5) is 4.79. The zero-order chi connectivity index (χ0) is 37.6. The Morgan fingerprint density at radius 2 is 1.23 bits per heavy atom. The van der Waals surface area contributed by atoms with E-state index < -0.39 is 22.5 Å². The van der Waals surface area contributed by atoms with E-state index in [1.165, 1.54) is 8.61 Å². The fourth-order valence-electron chi connectivity index (χ4n) is 5.06. The molecule has 0 saturated carbocycles. The molecule has 0 aliphatic heterocycles. The summed E-state index contributed by atoms with van der Waals surface area (Å²) < 4.78 is 56.2. The smallest absolute Gasteiger partial charge is 0.318 e. The molecule has 5 aromatic rings. The maximum Gasteiger partial charge on any atom is 0.318 e. The van der Waals surface area contributed by atoms with Crippen LogP contribution in [0.3, 0.4) is 0 Å². The highest BCUT2D eigenvalue weighted by Gasteiger charge is 2.23. The Labute approximate surface area is 312 Å². The van der Waals surface area contributed by atoms with E-state index >= 15 is 0 Å². The number of H-pyrrole nitrogens is 1. The number of fused-ring (bicyclic) bond motifs is 1. The van der Waals surface area contributed by atoms with Gasteiger partial charge in [0.2, 0.25) is 0 Å². The van der Waals surface area contributed by atoms with Crippen LogP contribution in [0.25, 0.3) is 17.0 Å². The fourth-order valence-corrected chi connectivity index (χ4v) is 6.41. The standard InChI is InChI=1S/C38H50N6O6S2/c1-10-12-18-47-31-16-14-26(3)20-33(31)49-51(45)42(8)29-22-28(37-39-36-25-35(38(5,6)7)40-44(36)41-37)23-30(24-29)43(9)52(46)50-34-21-27(4)15-17-32(34)48-19-13-11-2/h14-17,20-25,40H,10-13,18-19H2,1-9H3. The summed E-state index contributed by atoms with van der Waals surface area (Å²) in [6.45, 7) is 15.4. The topological polar surface area (TPSA) is 124 Å². The first kappa shape index (κ1) is 38.7. The third-order valence-electron chi connectivity index (χ3n) is 8.31. The highest BCUT2D eigenvalue weighted by atomic mass is 32.2. The molecule has 1 N–H and O–H groups in total. The number of rotatable bonds is 17. The Kier molecular flexibility index (Phi) is 12.5. The second-order valence-electron chi connectivity index (χ2n) is 13.8. The molecular formula is C38H50N6O6S2.